The lowest BCUT2D eigenvalue weighted by molar-refractivity contribution is -0.116. The first-order valence-corrected chi connectivity index (χ1v) is 8.14. The van der Waals surface area contributed by atoms with Gasteiger partial charge < -0.3 is 14.8 Å². The highest BCUT2D eigenvalue weighted by molar-refractivity contribution is 5.90. The first-order valence-electron chi connectivity index (χ1n) is 8.14. The maximum absolute atomic E-state index is 12.2. The number of nitrogens with one attached hydrogen (secondary N) is 1. The second kappa shape index (κ2) is 8.39. The van der Waals surface area contributed by atoms with Gasteiger partial charge in [-0.25, -0.2) is 0 Å². The van der Waals surface area contributed by atoms with Gasteiger partial charge in [0.25, 0.3) is 0 Å². The summed E-state index contributed by atoms with van der Waals surface area (Å²) < 4.78 is 10.7. The normalized spacial score (nSPS) is 10.5. The van der Waals surface area contributed by atoms with E-state index in [1.165, 1.54) is 5.56 Å². The van der Waals surface area contributed by atoms with E-state index in [0.29, 0.717) is 18.8 Å². The van der Waals surface area contributed by atoms with E-state index in [-0.39, 0.29) is 5.91 Å². The molecule has 0 aliphatic carbocycles. The van der Waals surface area contributed by atoms with Crippen LogP contribution in [0.3, 0.4) is 0 Å². The molecular weight excluding hydrogens is 302 g/mol. The Balaban J connectivity index is 1.98. The third kappa shape index (κ3) is 4.51. The molecule has 2 rings (SSSR count). The van der Waals surface area contributed by atoms with E-state index >= 15 is 0 Å². The van der Waals surface area contributed by atoms with Gasteiger partial charge in [-0.1, -0.05) is 32.0 Å². The number of benzene rings is 2. The van der Waals surface area contributed by atoms with Crippen molar-refractivity contribution in [3.63, 3.8) is 0 Å². The average molecular weight is 327 g/mol. The molecule has 0 aliphatic rings. The Morgan fingerprint density at radius 1 is 1.00 bits per heavy atom. The van der Waals surface area contributed by atoms with Gasteiger partial charge in [0.05, 0.1) is 14.2 Å². The molecule has 0 heterocycles. The van der Waals surface area contributed by atoms with Gasteiger partial charge in [0.1, 0.15) is 11.5 Å². The van der Waals surface area contributed by atoms with E-state index in [2.05, 4.69) is 19.2 Å². The number of carbonyl (C=O) groups is 1. The number of anilines is 1. The van der Waals surface area contributed by atoms with Crippen LogP contribution in [-0.4, -0.2) is 20.1 Å². The molecule has 4 heteroatoms. The monoisotopic (exact) mass is 327 g/mol. The van der Waals surface area contributed by atoms with Crippen LogP contribution in [0.25, 0.3) is 0 Å². The molecule has 0 unspecified atom stereocenters. The summed E-state index contributed by atoms with van der Waals surface area (Å²) in [5, 5.41) is 2.93. The highest BCUT2D eigenvalue weighted by atomic mass is 16.5. The summed E-state index contributed by atoms with van der Waals surface area (Å²) in [5.74, 6) is 1.93. The van der Waals surface area contributed by atoms with E-state index in [1.807, 2.05) is 42.5 Å². The molecule has 0 spiro atoms. The number of methoxy groups -OCH3 is 2. The van der Waals surface area contributed by atoms with E-state index < -0.39 is 0 Å². The maximum atomic E-state index is 12.2. The third-order valence-electron chi connectivity index (χ3n) is 3.99. The molecule has 2 aromatic rings. The molecule has 0 bridgehead atoms. The Labute approximate surface area is 143 Å². The standard InChI is InChI=1S/C20H25NO3/c1-14(2)15-8-10-16(11-9-15)21-20(22)13-12-17-18(23-3)6-5-7-19(17)24-4/h5-11,14H,12-13H2,1-4H3,(H,21,22). The van der Waals surface area contributed by atoms with Gasteiger partial charge in [0.15, 0.2) is 0 Å². The number of ether oxygens (including phenoxy) is 2. The lowest BCUT2D eigenvalue weighted by atomic mass is 10.0. The predicted octanol–water partition coefficient (Wildman–Crippen LogP) is 4.40. The molecule has 0 saturated heterocycles. The molecule has 0 atom stereocenters. The number of rotatable bonds is 7. The fourth-order valence-electron chi connectivity index (χ4n) is 2.59. The lowest BCUT2D eigenvalue weighted by Crippen LogP contribution is -2.13. The molecule has 1 N–H and O–H groups in total. The fourth-order valence-corrected chi connectivity index (χ4v) is 2.59. The Kier molecular flexibility index (Phi) is 6.24. The summed E-state index contributed by atoms with van der Waals surface area (Å²) in [7, 11) is 3.24. The van der Waals surface area contributed by atoms with Crippen LogP contribution in [0.4, 0.5) is 5.69 Å². The number of hydrogen-bond donors (Lipinski definition) is 1. The second-order valence-electron chi connectivity index (χ2n) is 5.97. The molecule has 0 aliphatic heterocycles. The quantitative estimate of drug-likeness (QED) is 0.820. The van der Waals surface area contributed by atoms with E-state index in [1.54, 1.807) is 14.2 Å². The molecule has 24 heavy (non-hydrogen) atoms. The SMILES string of the molecule is COc1cccc(OC)c1CCC(=O)Nc1ccc(C(C)C)cc1. The average Bonchev–Trinajstić information content (AvgIpc) is 2.59. The zero-order valence-corrected chi connectivity index (χ0v) is 14.8. The van der Waals surface area contributed by atoms with Gasteiger partial charge in [-0.15, -0.1) is 0 Å². The number of hydrogen-bond acceptors (Lipinski definition) is 3. The van der Waals surface area contributed by atoms with Gasteiger partial charge >= 0.3 is 0 Å². The largest absolute Gasteiger partial charge is 0.496 e. The van der Waals surface area contributed by atoms with Crippen molar-refractivity contribution in [2.45, 2.75) is 32.6 Å². The second-order valence-corrected chi connectivity index (χ2v) is 5.97. The number of carbonyl (C=O) groups excluding carboxylic acids is 1. The minimum Gasteiger partial charge on any atom is -0.496 e. The molecular formula is C20H25NO3. The van der Waals surface area contributed by atoms with Crippen LogP contribution in [0.2, 0.25) is 0 Å². The van der Waals surface area contributed by atoms with Crippen molar-refractivity contribution < 1.29 is 14.3 Å². The van der Waals surface area contributed by atoms with Crippen LogP contribution in [0.1, 0.15) is 37.3 Å². The minimum atomic E-state index is -0.0275. The molecule has 128 valence electrons. The van der Waals surface area contributed by atoms with Gasteiger partial charge in [0, 0.05) is 17.7 Å². The Morgan fingerprint density at radius 3 is 2.08 bits per heavy atom. The summed E-state index contributed by atoms with van der Waals surface area (Å²) in [4.78, 5) is 12.2. The molecule has 0 fully saturated rings. The van der Waals surface area contributed by atoms with Crippen LogP contribution in [0, 0.1) is 0 Å². The molecule has 1 amide bonds. The fraction of sp³-hybridized carbons (Fsp3) is 0.350. The van der Waals surface area contributed by atoms with Crippen molar-refractivity contribution in [1.82, 2.24) is 0 Å². The maximum Gasteiger partial charge on any atom is 0.224 e. The molecule has 0 saturated carbocycles. The number of amides is 1. The van der Waals surface area contributed by atoms with Crippen molar-refractivity contribution in [1.29, 1.82) is 0 Å². The van der Waals surface area contributed by atoms with Crippen molar-refractivity contribution >= 4 is 11.6 Å². The Bertz CT molecular complexity index is 656. The smallest absolute Gasteiger partial charge is 0.224 e. The minimum absolute atomic E-state index is 0.0275. The third-order valence-corrected chi connectivity index (χ3v) is 3.99. The van der Waals surface area contributed by atoms with Crippen LogP contribution in [-0.2, 0) is 11.2 Å². The predicted molar refractivity (Wildman–Crippen MR) is 97.0 cm³/mol. The van der Waals surface area contributed by atoms with Crippen LogP contribution in [0.5, 0.6) is 11.5 Å². The van der Waals surface area contributed by atoms with Crippen LogP contribution < -0.4 is 14.8 Å². The van der Waals surface area contributed by atoms with Gasteiger partial charge in [-0.05, 0) is 42.2 Å². The summed E-state index contributed by atoms with van der Waals surface area (Å²) in [5.41, 5.74) is 2.98. The first-order chi connectivity index (χ1) is 11.5. The van der Waals surface area contributed by atoms with Crippen molar-refractivity contribution in [3.8, 4) is 11.5 Å². The summed E-state index contributed by atoms with van der Waals surface area (Å²) in [6, 6.07) is 13.6. The van der Waals surface area contributed by atoms with Crippen LogP contribution >= 0.6 is 0 Å². The lowest BCUT2D eigenvalue weighted by Gasteiger charge is -2.13. The van der Waals surface area contributed by atoms with Crippen LogP contribution in [0.15, 0.2) is 42.5 Å². The zero-order chi connectivity index (χ0) is 17.5. The van der Waals surface area contributed by atoms with Gasteiger partial charge in [-0.3, -0.25) is 4.79 Å². The van der Waals surface area contributed by atoms with Crippen molar-refractivity contribution in [2.75, 3.05) is 19.5 Å². The summed E-state index contributed by atoms with van der Waals surface area (Å²) in [6.45, 7) is 4.29. The van der Waals surface area contributed by atoms with E-state index in [0.717, 1.165) is 22.7 Å². The van der Waals surface area contributed by atoms with E-state index in [9.17, 15) is 4.79 Å². The topological polar surface area (TPSA) is 47.6 Å². The Hall–Kier alpha value is -2.49. The molecule has 4 nitrogen and oxygen atoms in total. The molecule has 0 aromatic heterocycles. The molecule has 2 aromatic carbocycles. The zero-order valence-electron chi connectivity index (χ0n) is 14.8. The first kappa shape index (κ1) is 17.9. The van der Waals surface area contributed by atoms with Gasteiger partial charge in [0.2, 0.25) is 5.91 Å². The molecule has 0 radical (unpaired) electrons. The Morgan fingerprint density at radius 2 is 1.58 bits per heavy atom. The van der Waals surface area contributed by atoms with Crippen molar-refractivity contribution in [3.05, 3.63) is 53.6 Å². The van der Waals surface area contributed by atoms with Gasteiger partial charge in [-0.2, -0.15) is 0 Å². The van der Waals surface area contributed by atoms with E-state index in [4.69, 9.17) is 9.47 Å². The highest BCUT2D eigenvalue weighted by Gasteiger charge is 2.12. The highest BCUT2D eigenvalue weighted by Crippen LogP contribution is 2.29. The summed E-state index contributed by atoms with van der Waals surface area (Å²) in [6.07, 6.45) is 0.922. The summed E-state index contributed by atoms with van der Waals surface area (Å²) >= 11 is 0. The van der Waals surface area contributed by atoms with Crippen molar-refractivity contribution in [2.24, 2.45) is 0 Å².